The van der Waals surface area contributed by atoms with E-state index in [4.69, 9.17) is 4.74 Å². The standard InChI is InChI=1S/C16H27N3O/c1-3-18-7-9-19(10-8-18)11-12-20-16-6-4-5-15(13-16)14-17-2/h4-6,13,17H,3,7-12,14H2,1-2H3. The minimum Gasteiger partial charge on any atom is -0.492 e. The third-order valence-corrected chi connectivity index (χ3v) is 3.87. The summed E-state index contributed by atoms with van der Waals surface area (Å²) in [5, 5.41) is 3.16. The van der Waals surface area contributed by atoms with Gasteiger partial charge in [-0.25, -0.2) is 0 Å². The van der Waals surface area contributed by atoms with Crippen molar-refractivity contribution in [2.75, 3.05) is 52.9 Å². The molecule has 1 heterocycles. The van der Waals surface area contributed by atoms with Crippen molar-refractivity contribution in [2.45, 2.75) is 13.5 Å². The Balaban J connectivity index is 1.69. The normalized spacial score (nSPS) is 17.3. The van der Waals surface area contributed by atoms with Gasteiger partial charge in [0.2, 0.25) is 0 Å². The molecule has 1 aromatic rings. The lowest BCUT2D eigenvalue weighted by Crippen LogP contribution is -2.47. The average Bonchev–Trinajstić information content (AvgIpc) is 2.49. The number of hydrogen-bond acceptors (Lipinski definition) is 4. The number of likely N-dealkylation sites (N-methyl/N-ethyl adjacent to an activating group) is 1. The molecule has 0 spiro atoms. The number of piperazine rings is 1. The third-order valence-electron chi connectivity index (χ3n) is 3.87. The second kappa shape index (κ2) is 8.25. The van der Waals surface area contributed by atoms with Crippen LogP contribution in [-0.2, 0) is 6.54 Å². The Morgan fingerprint density at radius 2 is 1.90 bits per heavy atom. The maximum atomic E-state index is 5.87. The minimum atomic E-state index is 0.773. The summed E-state index contributed by atoms with van der Waals surface area (Å²) >= 11 is 0. The highest BCUT2D eigenvalue weighted by atomic mass is 16.5. The van der Waals surface area contributed by atoms with Crippen LogP contribution in [0, 0.1) is 0 Å². The Kier molecular flexibility index (Phi) is 6.30. The second-order valence-electron chi connectivity index (χ2n) is 5.30. The zero-order valence-corrected chi connectivity index (χ0v) is 12.8. The van der Waals surface area contributed by atoms with Crippen molar-refractivity contribution in [3.05, 3.63) is 29.8 Å². The molecule has 112 valence electrons. The van der Waals surface area contributed by atoms with E-state index in [9.17, 15) is 0 Å². The van der Waals surface area contributed by atoms with E-state index in [1.165, 1.54) is 25.2 Å². The zero-order valence-electron chi connectivity index (χ0n) is 12.8. The lowest BCUT2D eigenvalue weighted by atomic mass is 10.2. The van der Waals surface area contributed by atoms with Gasteiger partial charge in [0.25, 0.3) is 0 Å². The molecule has 1 fully saturated rings. The molecule has 0 saturated carbocycles. The van der Waals surface area contributed by atoms with Crippen LogP contribution in [0.3, 0.4) is 0 Å². The fourth-order valence-corrected chi connectivity index (χ4v) is 2.57. The Morgan fingerprint density at radius 1 is 1.15 bits per heavy atom. The molecule has 1 aromatic carbocycles. The van der Waals surface area contributed by atoms with Crippen LogP contribution in [0.4, 0.5) is 0 Å². The number of ether oxygens (including phenoxy) is 1. The maximum Gasteiger partial charge on any atom is 0.119 e. The first-order valence-corrected chi connectivity index (χ1v) is 7.63. The molecule has 0 amide bonds. The lowest BCUT2D eigenvalue weighted by molar-refractivity contribution is 0.121. The van der Waals surface area contributed by atoms with Crippen LogP contribution < -0.4 is 10.1 Å². The molecule has 4 nitrogen and oxygen atoms in total. The van der Waals surface area contributed by atoms with Crippen molar-refractivity contribution >= 4 is 0 Å². The quantitative estimate of drug-likeness (QED) is 0.816. The van der Waals surface area contributed by atoms with Gasteiger partial charge in [0.15, 0.2) is 0 Å². The Hall–Kier alpha value is -1.10. The van der Waals surface area contributed by atoms with Crippen LogP contribution in [-0.4, -0.2) is 62.7 Å². The van der Waals surface area contributed by atoms with Gasteiger partial charge in [-0.05, 0) is 31.3 Å². The van der Waals surface area contributed by atoms with Crippen molar-refractivity contribution in [2.24, 2.45) is 0 Å². The van der Waals surface area contributed by atoms with Gasteiger partial charge >= 0.3 is 0 Å². The first kappa shape index (κ1) is 15.3. The van der Waals surface area contributed by atoms with Crippen LogP contribution in [0.15, 0.2) is 24.3 Å². The zero-order chi connectivity index (χ0) is 14.2. The molecule has 0 atom stereocenters. The van der Waals surface area contributed by atoms with E-state index in [-0.39, 0.29) is 0 Å². The molecular formula is C16H27N3O. The van der Waals surface area contributed by atoms with Crippen molar-refractivity contribution in [1.82, 2.24) is 15.1 Å². The summed E-state index contributed by atoms with van der Waals surface area (Å²) in [4.78, 5) is 4.99. The van der Waals surface area contributed by atoms with Gasteiger partial charge in [0, 0.05) is 39.3 Å². The molecular weight excluding hydrogens is 250 g/mol. The van der Waals surface area contributed by atoms with E-state index in [0.717, 1.165) is 38.5 Å². The van der Waals surface area contributed by atoms with Gasteiger partial charge in [0.1, 0.15) is 12.4 Å². The number of hydrogen-bond donors (Lipinski definition) is 1. The molecule has 20 heavy (non-hydrogen) atoms. The highest BCUT2D eigenvalue weighted by molar-refractivity contribution is 5.28. The van der Waals surface area contributed by atoms with E-state index >= 15 is 0 Å². The van der Waals surface area contributed by atoms with Gasteiger partial charge in [0.05, 0.1) is 0 Å². The van der Waals surface area contributed by atoms with Gasteiger partial charge in [-0.1, -0.05) is 19.1 Å². The molecule has 1 saturated heterocycles. The fraction of sp³-hybridized carbons (Fsp3) is 0.625. The topological polar surface area (TPSA) is 27.7 Å². The number of rotatable bonds is 7. The Morgan fingerprint density at radius 3 is 2.60 bits per heavy atom. The van der Waals surface area contributed by atoms with E-state index in [1.807, 2.05) is 13.1 Å². The molecule has 2 rings (SSSR count). The lowest BCUT2D eigenvalue weighted by Gasteiger charge is -2.33. The molecule has 0 aromatic heterocycles. The number of nitrogens with zero attached hydrogens (tertiary/aromatic N) is 2. The van der Waals surface area contributed by atoms with Crippen LogP contribution in [0.1, 0.15) is 12.5 Å². The summed E-state index contributed by atoms with van der Waals surface area (Å²) < 4.78 is 5.87. The van der Waals surface area contributed by atoms with E-state index in [1.54, 1.807) is 0 Å². The maximum absolute atomic E-state index is 5.87. The van der Waals surface area contributed by atoms with Gasteiger partial charge < -0.3 is 15.0 Å². The van der Waals surface area contributed by atoms with Crippen LogP contribution >= 0.6 is 0 Å². The molecule has 0 unspecified atom stereocenters. The molecule has 4 heteroatoms. The number of benzene rings is 1. The smallest absolute Gasteiger partial charge is 0.119 e. The second-order valence-corrected chi connectivity index (χ2v) is 5.30. The summed E-state index contributed by atoms with van der Waals surface area (Å²) in [5.74, 6) is 0.977. The number of nitrogens with one attached hydrogen (secondary N) is 1. The van der Waals surface area contributed by atoms with Crippen molar-refractivity contribution < 1.29 is 4.74 Å². The average molecular weight is 277 g/mol. The van der Waals surface area contributed by atoms with E-state index < -0.39 is 0 Å². The minimum absolute atomic E-state index is 0.773. The van der Waals surface area contributed by atoms with Crippen LogP contribution in [0.5, 0.6) is 5.75 Å². The van der Waals surface area contributed by atoms with Crippen LogP contribution in [0.2, 0.25) is 0 Å². The predicted octanol–water partition coefficient (Wildman–Crippen LogP) is 1.42. The fourth-order valence-electron chi connectivity index (χ4n) is 2.57. The molecule has 0 radical (unpaired) electrons. The molecule has 1 aliphatic rings. The van der Waals surface area contributed by atoms with Crippen LogP contribution in [0.25, 0.3) is 0 Å². The SMILES string of the molecule is CCN1CCN(CCOc2cccc(CNC)c2)CC1. The van der Waals surface area contributed by atoms with E-state index in [0.29, 0.717) is 0 Å². The molecule has 1 aliphatic heterocycles. The highest BCUT2D eigenvalue weighted by Gasteiger charge is 2.14. The van der Waals surface area contributed by atoms with E-state index in [2.05, 4.69) is 40.2 Å². The molecule has 1 N–H and O–H groups in total. The first-order chi connectivity index (χ1) is 9.81. The Labute approximate surface area is 122 Å². The van der Waals surface area contributed by atoms with Crippen molar-refractivity contribution in [3.8, 4) is 5.75 Å². The van der Waals surface area contributed by atoms with Crippen molar-refractivity contribution in [1.29, 1.82) is 0 Å². The summed E-state index contributed by atoms with van der Waals surface area (Å²) in [6, 6.07) is 8.33. The third kappa shape index (κ3) is 4.78. The predicted molar refractivity (Wildman–Crippen MR) is 83.3 cm³/mol. The van der Waals surface area contributed by atoms with Gasteiger partial charge in [-0.2, -0.15) is 0 Å². The monoisotopic (exact) mass is 277 g/mol. The largest absolute Gasteiger partial charge is 0.492 e. The molecule has 0 bridgehead atoms. The first-order valence-electron chi connectivity index (χ1n) is 7.63. The van der Waals surface area contributed by atoms with Gasteiger partial charge in [-0.3, -0.25) is 4.90 Å². The molecule has 0 aliphatic carbocycles. The van der Waals surface area contributed by atoms with Crippen molar-refractivity contribution in [3.63, 3.8) is 0 Å². The summed E-state index contributed by atoms with van der Waals surface area (Å²) in [6.45, 7) is 10.8. The Bertz CT molecular complexity index is 389. The summed E-state index contributed by atoms with van der Waals surface area (Å²) in [5.41, 5.74) is 1.27. The summed E-state index contributed by atoms with van der Waals surface area (Å²) in [7, 11) is 1.96. The highest BCUT2D eigenvalue weighted by Crippen LogP contribution is 2.13. The van der Waals surface area contributed by atoms with Gasteiger partial charge in [-0.15, -0.1) is 0 Å². The summed E-state index contributed by atoms with van der Waals surface area (Å²) in [6.07, 6.45) is 0.